The Morgan fingerprint density at radius 1 is 1.11 bits per heavy atom. The Labute approximate surface area is 166 Å². The zero-order valence-electron chi connectivity index (χ0n) is 16.9. The number of carbonyl (C=O) groups is 2. The van der Waals surface area contributed by atoms with Crippen molar-refractivity contribution in [3.05, 3.63) is 11.6 Å². The van der Waals surface area contributed by atoms with Crippen LogP contribution in [0.25, 0.3) is 0 Å². The summed E-state index contributed by atoms with van der Waals surface area (Å²) in [6.07, 6.45) is 7.48. The molecule has 0 aromatic heterocycles. The smallest absolute Gasteiger partial charge is 0.331 e. The maximum absolute atomic E-state index is 13.6. The Balaban J connectivity index is 1.52. The minimum atomic E-state index is -0.868. The zero-order chi connectivity index (χ0) is 19.9. The van der Waals surface area contributed by atoms with E-state index in [-0.39, 0.29) is 35.2 Å². The van der Waals surface area contributed by atoms with Crippen LogP contribution in [0.2, 0.25) is 0 Å². The van der Waals surface area contributed by atoms with Crippen molar-refractivity contribution in [2.75, 3.05) is 6.61 Å². The van der Waals surface area contributed by atoms with Gasteiger partial charge in [-0.2, -0.15) is 0 Å². The molecule has 5 heteroatoms. The molecule has 0 unspecified atom stereocenters. The number of rotatable bonds is 1. The SMILES string of the molecule is C[C@]12CC[C@H](O)C[C@H]1CC[C@H]1[C@H]2C(=O)C[C@]2(C)[C@@H](C3=CC(=O)OC3)CC[C@]12O. The molecule has 0 saturated heterocycles. The van der Waals surface area contributed by atoms with Crippen LogP contribution in [-0.4, -0.2) is 40.3 Å². The van der Waals surface area contributed by atoms with E-state index in [0.29, 0.717) is 31.1 Å². The van der Waals surface area contributed by atoms with Crippen LogP contribution in [0.4, 0.5) is 0 Å². The summed E-state index contributed by atoms with van der Waals surface area (Å²) in [6.45, 7) is 4.61. The standard InChI is InChI=1S/C23H32O5/c1-21-7-5-15(24)10-14(21)3-4-17-20(21)18(25)11-22(2)16(6-8-23(17,22)27)13-9-19(26)28-12-13/h9,14-17,20,24,27H,3-8,10-12H2,1-2H3/t14-,15+,16-,17+,20+,21+,22-,23+/m1/s1. The predicted molar refractivity (Wildman–Crippen MR) is 102 cm³/mol. The van der Waals surface area contributed by atoms with Crippen LogP contribution >= 0.6 is 0 Å². The molecule has 0 amide bonds. The highest BCUT2D eigenvalue weighted by molar-refractivity contribution is 5.86. The third-order valence-corrected chi connectivity index (χ3v) is 9.65. The first-order chi connectivity index (χ1) is 13.2. The van der Waals surface area contributed by atoms with Crippen LogP contribution in [0.1, 0.15) is 65.2 Å². The van der Waals surface area contributed by atoms with Crippen LogP contribution in [0, 0.1) is 34.5 Å². The first-order valence-corrected chi connectivity index (χ1v) is 11.0. The highest BCUT2D eigenvalue weighted by atomic mass is 16.5. The maximum Gasteiger partial charge on any atom is 0.331 e. The lowest BCUT2D eigenvalue weighted by Crippen LogP contribution is -2.65. The lowest BCUT2D eigenvalue weighted by Gasteiger charge is -2.62. The maximum atomic E-state index is 13.6. The Morgan fingerprint density at radius 2 is 1.89 bits per heavy atom. The van der Waals surface area contributed by atoms with E-state index in [9.17, 15) is 19.8 Å². The van der Waals surface area contributed by atoms with Gasteiger partial charge in [0.15, 0.2) is 0 Å². The molecule has 5 aliphatic rings. The molecular formula is C23H32O5. The molecule has 5 rings (SSSR count). The average Bonchev–Trinajstić information content (AvgIpc) is 3.16. The summed E-state index contributed by atoms with van der Waals surface area (Å²) >= 11 is 0. The first-order valence-electron chi connectivity index (χ1n) is 11.0. The molecule has 28 heavy (non-hydrogen) atoms. The van der Waals surface area contributed by atoms with Crippen molar-refractivity contribution in [3.63, 3.8) is 0 Å². The molecule has 1 aliphatic heterocycles. The molecule has 2 N–H and O–H groups in total. The van der Waals surface area contributed by atoms with Crippen molar-refractivity contribution in [2.24, 2.45) is 34.5 Å². The predicted octanol–water partition coefficient (Wildman–Crippen LogP) is 2.78. The second-order valence-electron chi connectivity index (χ2n) is 10.7. The van der Waals surface area contributed by atoms with E-state index in [4.69, 9.17) is 4.74 Å². The molecule has 4 aliphatic carbocycles. The fourth-order valence-electron chi connectivity index (χ4n) is 8.18. The molecule has 0 aromatic rings. The molecule has 4 saturated carbocycles. The summed E-state index contributed by atoms with van der Waals surface area (Å²) in [5.74, 6) is 0.272. The third-order valence-electron chi connectivity index (χ3n) is 9.65. The van der Waals surface area contributed by atoms with Gasteiger partial charge < -0.3 is 14.9 Å². The number of hydrogen-bond acceptors (Lipinski definition) is 5. The fraction of sp³-hybridized carbons (Fsp3) is 0.826. The Bertz CT molecular complexity index is 758. The van der Waals surface area contributed by atoms with E-state index in [2.05, 4.69) is 13.8 Å². The number of ketones is 1. The number of cyclic esters (lactones) is 1. The van der Waals surface area contributed by atoms with Crippen molar-refractivity contribution >= 4 is 11.8 Å². The van der Waals surface area contributed by atoms with E-state index in [1.807, 2.05) is 0 Å². The zero-order valence-corrected chi connectivity index (χ0v) is 16.9. The minimum absolute atomic E-state index is 0.0149. The van der Waals surface area contributed by atoms with E-state index >= 15 is 0 Å². The number of aliphatic hydroxyl groups is 2. The van der Waals surface area contributed by atoms with Crippen LogP contribution < -0.4 is 0 Å². The summed E-state index contributed by atoms with van der Waals surface area (Å²) in [7, 11) is 0. The molecule has 0 spiro atoms. The van der Waals surface area contributed by atoms with Crippen molar-refractivity contribution in [1.29, 1.82) is 0 Å². The number of esters is 1. The van der Waals surface area contributed by atoms with Crippen LogP contribution in [-0.2, 0) is 14.3 Å². The number of fused-ring (bicyclic) bond motifs is 5. The van der Waals surface area contributed by atoms with Gasteiger partial charge >= 0.3 is 5.97 Å². The highest BCUT2D eigenvalue weighted by Gasteiger charge is 2.70. The van der Waals surface area contributed by atoms with E-state index in [0.717, 1.165) is 44.1 Å². The van der Waals surface area contributed by atoms with Gasteiger partial charge in [-0.1, -0.05) is 13.8 Å². The first kappa shape index (κ1) is 18.8. The molecule has 0 bridgehead atoms. The molecule has 1 heterocycles. The fourth-order valence-corrected chi connectivity index (χ4v) is 8.18. The Morgan fingerprint density at radius 3 is 2.61 bits per heavy atom. The van der Waals surface area contributed by atoms with Gasteiger partial charge in [-0.3, -0.25) is 4.79 Å². The van der Waals surface area contributed by atoms with Gasteiger partial charge in [0, 0.05) is 23.8 Å². The Hall–Kier alpha value is -1.20. The third kappa shape index (κ3) is 2.26. The molecule has 0 radical (unpaired) electrons. The van der Waals surface area contributed by atoms with Crippen LogP contribution in [0.5, 0.6) is 0 Å². The van der Waals surface area contributed by atoms with Gasteiger partial charge in [0.2, 0.25) is 0 Å². The van der Waals surface area contributed by atoms with Gasteiger partial charge in [-0.15, -0.1) is 0 Å². The Kier molecular flexibility index (Phi) is 3.97. The molecule has 0 aromatic carbocycles. The van der Waals surface area contributed by atoms with Crippen molar-refractivity contribution in [2.45, 2.75) is 76.9 Å². The molecular weight excluding hydrogens is 356 g/mol. The van der Waals surface area contributed by atoms with Gasteiger partial charge in [0.1, 0.15) is 12.4 Å². The van der Waals surface area contributed by atoms with Gasteiger partial charge in [0.25, 0.3) is 0 Å². The second kappa shape index (κ2) is 5.91. The lowest BCUT2D eigenvalue weighted by atomic mass is 9.43. The second-order valence-corrected chi connectivity index (χ2v) is 10.7. The molecule has 4 fully saturated rings. The summed E-state index contributed by atoms with van der Waals surface area (Å²) < 4.78 is 5.14. The highest BCUT2D eigenvalue weighted by Crippen LogP contribution is 2.68. The van der Waals surface area contributed by atoms with Gasteiger partial charge in [0.05, 0.1) is 11.7 Å². The molecule has 5 nitrogen and oxygen atoms in total. The van der Waals surface area contributed by atoms with Crippen LogP contribution in [0.3, 0.4) is 0 Å². The largest absolute Gasteiger partial charge is 0.458 e. The van der Waals surface area contributed by atoms with E-state index in [1.54, 1.807) is 6.08 Å². The average molecular weight is 389 g/mol. The molecule has 8 atom stereocenters. The monoisotopic (exact) mass is 388 g/mol. The van der Waals surface area contributed by atoms with Crippen molar-refractivity contribution in [3.8, 4) is 0 Å². The lowest BCUT2D eigenvalue weighted by molar-refractivity contribution is -0.206. The van der Waals surface area contributed by atoms with Gasteiger partial charge in [-0.05, 0) is 73.7 Å². The quantitative estimate of drug-likeness (QED) is 0.675. The van der Waals surface area contributed by atoms with Crippen LogP contribution in [0.15, 0.2) is 11.6 Å². The topological polar surface area (TPSA) is 83.8 Å². The summed E-state index contributed by atoms with van der Waals surface area (Å²) in [5.41, 5.74) is -0.551. The number of hydrogen-bond donors (Lipinski definition) is 2. The van der Waals surface area contributed by atoms with E-state index in [1.165, 1.54) is 0 Å². The number of carbonyl (C=O) groups excluding carboxylic acids is 2. The number of aliphatic hydroxyl groups excluding tert-OH is 1. The summed E-state index contributed by atoms with van der Waals surface area (Å²) in [4.78, 5) is 25.2. The van der Waals surface area contributed by atoms with Gasteiger partial charge in [-0.25, -0.2) is 4.79 Å². The number of Topliss-reactive ketones (excluding diaryl/α,β-unsaturated/α-hetero) is 1. The van der Waals surface area contributed by atoms with Crippen molar-refractivity contribution < 1.29 is 24.5 Å². The normalized spacial score (nSPS) is 53.1. The molecule has 154 valence electrons. The van der Waals surface area contributed by atoms with E-state index < -0.39 is 11.0 Å². The summed E-state index contributed by atoms with van der Waals surface area (Å²) in [5, 5.41) is 22.2. The number of ether oxygens (including phenoxy) is 1. The minimum Gasteiger partial charge on any atom is -0.458 e. The van der Waals surface area contributed by atoms with Crippen molar-refractivity contribution in [1.82, 2.24) is 0 Å². The summed E-state index contributed by atoms with van der Waals surface area (Å²) in [6, 6.07) is 0.